The van der Waals surface area contributed by atoms with Crippen molar-refractivity contribution in [1.82, 2.24) is 24.5 Å². The molecular formula is C20H21F3N6O4. The molecule has 0 aromatic carbocycles. The largest absolute Gasteiger partial charge is 0.490 e. The number of hydrogen-bond donors (Lipinski definition) is 3. The van der Waals surface area contributed by atoms with Gasteiger partial charge in [0.1, 0.15) is 11.2 Å². The smallest absolute Gasteiger partial charge is 0.475 e. The fourth-order valence-corrected chi connectivity index (χ4v) is 3.31. The van der Waals surface area contributed by atoms with Crippen LogP contribution in [-0.4, -0.2) is 66.8 Å². The van der Waals surface area contributed by atoms with Gasteiger partial charge in [0.2, 0.25) is 0 Å². The second-order valence-corrected chi connectivity index (χ2v) is 7.36. The molecule has 0 aliphatic carbocycles. The second kappa shape index (κ2) is 9.71. The Morgan fingerprint density at radius 1 is 1.21 bits per heavy atom. The zero-order valence-electron chi connectivity index (χ0n) is 17.5. The van der Waals surface area contributed by atoms with E-state index in [2.05, 4.69) is 20.4 Å². The maximum Gasteiger partial charge on any atom is 0.490 e. The minimum Gasteiger partial charge on any atom is -0.475 e. The standard InChI is InChI=1S/C18H20N6O2.C2HF3O2/c1-12-10-16-21-17(25)15(11-24(16)22-12)18(26)23-8-4-14(5-9-23)20-13-2-6-19-7-3-13;3-2(4,5)1(6)7/h2-3,6-7,10-11,14H,4-5,8-9H2,1H3,(H,19,20)(H,21,25);(H,6,7). The molecule has 0 bridgehead atoms. The number of fused-ring (bicyclic) bond motifs is 1. The number of anilines is 1. The third-order valence-electron chi connectivity index (χ3n) is 4.90. The second-order valence-electron chi connectivity index (χ2n) is 7.36. The number of amides is 1. The number of nitrogens with zero attached hydrogens (tertiary/aromatic N) is 4. The zero-order chi connectivity index (χ0) is 24.2. The highest BCUT2D eigenvalue weighted by atomic mass is 19.4. The van der Waals surface area contributed by atoms with Crippen molar-refractivity contribution in [2.75, 3.05) is 18.4 Å². The Hall–Kier alpha value is -3.90. The van der Waals surface area contributed by atoms with E-state index in [9.17, 15) is 22.8 Å². The molecule has 0 atom stereocenters. The number of carbonyl (C=O) groups excluding carboxylic acids is 1. The molecule has 1 aliphatic rings. The average molecular weight is 466 g/mol. The molecule has 0 saturated carbocycles. The van der Waals surface area contributed by atoms with Crippen LogP contribution in [0, 0.1) is 6.92 Å². The lowest BCUT2D eigenvalue weighted by atomic mass is 10.0. The quantitative estimate of drug-likeness (QED) is 0.538. The van der Waals surface area contributed by atoms with Gasteiger partial charge in [0.15, 0.2) is 0 Å². The Balaban J connectivity index is 0.000000383. The highest BCUT2D eigenvalue weighted by Crippen LogP contribution is 2.17. The highest BCUT2D eigenvalue weighted by Gasteiger charge is 2.38. The summed E-state index contributed by atoms with van der Waals surface area (Å²) in [6.07, 6.45) is 1.59. The third-order valence-corrected chi connectivity index (χ3v) is 4.90. The normalized spacial score (nSPS) is 14.5. The number of likely N-dealkylation sites (tertiary alicyclic amines) is 1. The summed E-state index contributed by atoms with van der Waals surface area (Å²) in [5.74, 6) is -3.00. The van der Waals surface area contributed by atoms with Crippen LogP contribution in [0.1, 0.15) is 28.9 Å². The van der Waals surface area contributed by atoms with E-state index < -0.39 is 12.1 Å². The molecule has 10 nitrogen and oxygen atoms in total. The maximum atomic E-state index is 12.8. The number of alkyl halides is 3. The molecule has 1 aliphatic heterocycles. The van der Waals surface area contributed by atoms with Crippen molar-refractivity contribution in [2.24, 2.45) is 0 Å². The van der Waals surface area contributed by atoms with Crippen molar-refractivity contribution in [3.8, 4) is 0 Å². The number of aryl methyl sites for hydroxylation is 1. The summed E-state index contributed by atoms with van der Waals surface area (Å²) in [6, 6.07) is 5.93. The summed E-state index contributed by atoms with van der Waals surface area (Å²) >= 11 is 0. The topological polar surface area (TPSA) is 133 Å². The molecule has 0 radical (unpaired) electrons. The number of pyridine rings is 1. The van der Waals surface area contributed by atoms with E-state index in [0.29, 0.717) is 24.8 Å². The van der Waals surface area contributed by atoms with E-state index in [1.54, 1.807) is 27.9 Å². The number of hydrogen-bond acceptors (Lipinski definition) is 6. The van der Waals surface area contributed by atoms with Crippen molar-refractivity contribution in [1.29, 1.82) is 0 Å². The number of nitrogens with one attached hydrogen (secondary N) is 2. The van der Waals surface area contributed by atoms with E-state index in [0.717, 1.165) is 24.2 Å². The van der Waals surface area contributed by atoms with Gasteiger partial charge < -0.3 is 20.3 Å². The molecule has 4 heterocycles. The summed E-state index contributed by atoms with van der Waals surface area (Å²) in [4.78, 5) is 42.4. The van der Waals surface area contributed by atoms with Crippen LogP contribution in [-0.2, 0) is 4.79 Å². The predicted octanol–water partition coefficient (Wildman–Crippen LogP) is 2.08. The fourth-order valence-electron chi connectivity index (χ4n) is 3.31. The molecule has 4 rings (SSSR count). The molecule has 0 spiro atoms. The molecule has 13 heteroatoms. The van der Waals surface area contributed by atoms with E-state index >= 15 is 0 Å². The molecule has 176 valence electrons. The predicted molar refractivity (Wildman–Crippen MR) is 111 cm³/mol. The molecule has 3 aromatic heterocycles. The van der Waals surface area contributed by atoms with Crippen LogP contribution in [0.4, 0.5) is 18.9 Å². The number of carboxylic acids is 1. The van der Waals surface area contributed by atoms with Crippen LogP contribution in [0.2, 0.25) is 0 Å². The molecular weight excluding hydrogens is 445 g/mol. The van der Waals surface area contributed by atoms with Gasteiger partial charge in [0, 0.05) is 49.5 Å². The van der Waals surface area contributed by atoms with Gasteiger partial charge in [-0.05, 0) is 31.9 Å². The number of aromatic nitrogens is 4. The Kier molecular flexibility index (Phi) is 6.99. The van der Waals surface area contributed by atoms with Crippen molar-refractivity contribution in [3.05, 3.63) is 58.4 Å². The van der Waals surface area contributed by atoms with Crippen molar-refractivity contribution in [2.45, 2.75) is 32.0 Å². The summed E-state index contributed by atoms with van der Waals surface area (Å²) < 4.78 is 33.3. The van der Waals surface area contributed by atoms with Gasteiger partial charge in [-0.2, -0.15) is 18.3 Å². The van der Waals surface area contributed by atoms with Crippen molar-refractivity contribution < 1.29 is 27.9 Å². The lowest BCUT2D eigenvalue weighted by molar-refractivity contribution is -0.192. The molecule has 0 unspecified atom stereocenters. The zero-order valence-corrected chi connectivity index (χ0v) is 17.5. The van der Waals surface area contributed by atoms with Gasteiger partial charge in [-0.15, -0.1) is 0 Å². The van der Waals surface area contributed by atoms with Gasteiger partial charge >= 0.3 is 12.1 Å². The first-order chi connectivity index (χ1) is 15.5. The molecule has 1 fully saturated rings. The van der Waals surface area contributed by atoms with Gasteiger partial charge in [-0.25, -0.2) is 9.31 Å². The first-order valence-corrected chi connectivity index (χ1v) is 9.90. The number of aromatic amines is 1. The van der Waals surface area contributed by atoms with E-state index in [-0.39, 0.29) is 17.0 Å². The molecule has 3 aromatic rings. The summed E-state index contributed by atoms with van der Waals surface area (Å²) in [6.45, 7) is 3.06. The van der Waals surface area contributed by atoms with Gasteiger partial charge in [-0.3, -0.25) is 14.6 Å². The molecule has 33 heavy (non-hydrogen) atoms. The molecule has 1 saturated heterocycles. The van der Waals surface area contributed by atoms with Crippen LogP contribution in [0.3, 0.4) is 0 Å². The first kappa shape index (κ1) is 23.8. The highest BCUT2D eigenvalue weighted by molar-refractivity contribution is 5.93. The monoisotopic (exact) mass is 466 g/mol. The van der Waals surface area contributed by atoms with Gasteiger partial charge in [0.05, 0.1) is 5.69 Å². The summed E-state index contributed by atoms with van der Waals surface area (Å²) in [7, 11) is 0. The van der Waals surface area contributed by atoms with Crippen LogP contribution < -0.4 is 10.9 Å². The van der Waals surface area contributed by atoms with Crippen LogP contribution in [0.15, 0.2) is 41.6 Å². The van der Waals surface area contributed by atoms with Crippen molar-refractivity contribution in [3.63, 3.8) is 0 Å². The number of carbonyl (C=O) groups is 2. The first-order valence-electron chi connectivity index (χ1n) is 9.90. The Labute approximate surface area is 185 Å². The van der Waals surface area contributed by atoms with Crippen LogP contribution in [0.5, 0.6) is 0 Å². The van der Waals surface area contributed by atoms with Crippen molar-refractivity contribution >= 4 is 23.2 Å². The lowest BCUT2D eigenvalue weighted by Gasteiger charge is -2.32. The fraction of sp³-hybridized carbons (Fsp3) is 0.350. The number of rotatable bonds is 3. The lowest BCUT2D eigenvalue weighted by Crippen LogP contribution is -2.44. The number of aliphatic carboxylic acids is 1. The minimum atomic E-state index is -5.08. The maximum absolute atomic E-state index is 12.8. The van der Waals surface area contributed by atoms with E-state index in [1.165, 1.54) is 6.20 Å². The Morgan fingerprint density at radius 3 is 2.39 bits per heavy atom. The van der Waals surface area contributed by atoms with Gasteiger partial charge in [-0.1, -0.05) is 0 Å². The summed E-state index contributed by atoms with van der Waals surface area (Å²) in [5, 5.41) is 14.8. The Bertz CT molecular complexity index is 1180. The minimum absolute atomic E-state index is 0.126. The number of halogens is 3. The number of piperidine rings is 1. The van der Waals surface area contributed by atoms with Crippen LogP contribution >= 0.6 is 0 Å². The number of H-pyrrole nitrogens is 1. The van der Waals surface area contributed by atoms with E-state index in [1.807, 2.05) is 19.1 Å². The SMILES string of the molecule is Cc1cc2[nH]c(=O)c(C(=O)N3CCC(Nc4ccncc4)CC3)cn2n1.O=C(O)C(F)(F)F. The summed E-state index contributed by atoms with van der Waals surface area (Å²) in [5.41, 5.74) is 2.15. The third kappa shape index (κ3) is 6.08. The van der Waals surface area contributed by atoms with Gasteiger partial charge in [0.25, 0.3) is 11.5 Å². The number of carboxylic acid groups (broad SMARTS) is 1. The van der Waals surface area contributed by atoms with Crippen LogP contribution in [0.25, 0.3) is 5.65 Å². The molecule has 3 N–H and O–H groups in total. The average Bonchev–Trinajstić information content (AvgIpc) is 3.12. The Morgan fingerprint density at radius 2 is 1.82 bits per heavy atom. The van der Waals surface area contributed by atoms with E-state index in [4.69, 9.17) is 9.90 Å². The molecule has 1 amide bonds.